The maximum atomic E-state index is 13.2. The SMILES string of the molecule is O=C(O)C1CCCC(C(=O)N2CCOCC2c2noc(-c3ccccc3)n2)C1. The second-order valence-corrected chi connectivity index (χ2v) is 7.34. The summed E-state index contributed by atoms with van der Waals surface area (Å²) in [5.74, 6) is -0.769. The van der Waals surface area contributed by atoms with Crippen molar-refractivity contribution in [2.24, 2.45) is 11.8 Å². The van der Waals surface area contributed by atoms with E-state index >= 15 is 0 Å². The van der Waals surface area contributed by atoms with Crippen LogP contribution in [0.25, 0.3) is 11.5 Å². The molecule has 1 amide bonds. The molecule has 2 aromatic rings. The molecular weight excluding hydrogens is 362 g/mol. The van der Waals surface area contributed by atoms with Crippen molar-refractivity contribution in [1.82, 2.24) is 15.0 Å². The number of hydrogen-bond acceptors (Lipinski definition) is 6. The van der Waals surface area contributed by atoms with E-state index in [4.69, 9.17) is 9.26 Å². The summed E-state index contributed by atoms with van der Waals surface area (Å²) in [6, 6.07) is 9.02. The maximum absolute atomic E-state index is 13.2. The number of aliphatic carboxylic acids is 1. The van der Waals surface area contributed by atoms with E-state index in [9.17, 15) is 14.7 Å². The van der Waals surface area contributed by atoms with Gasteiger partial charge in [0.2, 0.25) is 5.91 Å². The number of amides is 1. The van der Waals surface area contributed by atoms with E-state index in [1.54, 1.807) is 4.90 Å². The van der Waals surface area contributed by atoms with Gasteiger partial charge in [0.25, 0.3) is 5.89 Å². The zero-order valence-electron chi connectivity index (χ0n) is 15.5. The van der Waals surface area contributed by atoms with Gasteiger partial charge >= 0.3 is 5.97 Å². The van der Waals surface area contributed by atoms with Crippen molar-refractivity contribution in [1.29, 1.82) is 0 Å². The minimum absolute atomic E-state index is 0.0367. The number of rotatable bonds is 4. The molecule has 1 aliphatic heterocycles. The summed E-state index contributed by atoms with van der Waals surface area (Å²) in [5.41, 5.74) is 0.812. The molecule has 1 aromatic heterocycles. The first-order valence-corrected chi connectivity index (χ1v) is 9.63. The van der Waals surface area contributed by atoms with Gasteiger partial charge in [-0.3, -0.25) is 9.59 Å². The predicted molar refractivity (Wildman–Crippen MR) is 98.1 cm³/mol. The summed E-state index contributed by atoms with van der Waals surface area (Å²) in [5, 5.41) is 13.4. The van der Waals surface area contributed by atoms with Crippen LogP contribution in [0.15, 0.2) is 34.9 Å². The van der Waals surface area contributed by atoms with Gasteiger partial charge in [0.15, 0.2) is 5.82 Å². The molecule has 8 heteroatoms. The van der Waals surface area contributed by atoms with Crippen molar-refractivity contribution >= 4 is 11.9 Å². The van der Waals surface area contributed by atoms with Crippen molar-refractivity contribution in [2.45, 2.75) is 31.7 Å². The van der Waals surface area contributed by atoms with Crippen LogP contribution in [0, 0.1) is 11.8 Å². The number of carboxylic acids is 1. The second-order valence-electron chi connectivity index (χ2n) is 7.34. The molecule has 1 saturated carbocycles. The molecule has 8 nitrogen and oxygen atoms in total. The van der Waals surface area contributed by atoms with Gasteiger partial charge in [0.1, 0.15) is 6.04 Å². The van der Waals surface area contributed by atoms with Gasteiger partial charge in [-0.15, -0.1) is 0 Å². The molecule has 1 aliphatic carbocycles. The number of carbonyl (C=O) groups excluding carboxylic acids is 1. The van der Waals surface area contributed by atoms with Crippen molar-refractivity contribution in [3.05, 3.63) is 36.2 Å². The third-order valence-corrected chi connectivity index (χ3v) is 5.54. The summed E-state index contributed by atoms with van der Waals surface area (Å²) in [6.45, 7) is 1.18. The topological polar surface area (TPSA) is 106 Å². The lowest BCUT2D eigenvalue weighted by atomic mass is 9.80. The molecule has 2 heterocycles. The molecule has 0 spiro atoms. The monoisotopic (exact) mass is 385 g/mol. The van der Waals surface area contributed by atoms with Crippen LogP contribution in [-0.2, 0) is 14.3 Å². The van der Waals surface area contributed by atoms with Crippen LogP contribution in [0.1, 0.15) is 37.5 Å². The first kappa shape index (κ1) is 18.6. The van der Waals surface area contributed by atoms with Crippen LogP contribution >= 0.6 is 0 Å². The minimum Gasteiger partial charge on any atom is -0.481 e. The number of nitrogens with zero attached hydrogens (tertiary/aromatic N) is 3. The summed E-state index contributed by atoms with van der Waals surface area (Å²) in [6.07, 6.45) is 2.49. The van der Waals surface area contributed by atoms with Crippen LogP contribution in [0.2, 0.25) is 0 Å². The van der Waals surface area contributed by atoms with Gasteiger partial charge in [-0.25, -0.2) is 0 Å². The predicted octanol–water partition coefficient (Wildman–Crippen LogP) is 2.53. The average Bonchev–Trinajstić information content (AvgIpc) is 3.24. The van der Waals surface area contributed by atoms with Gasteiger partial charge in [-0.2, -0.15) is 4.98 Å². The largest absolute Gasteiger partial charge is 0.481 e. The van der Waals surface area contributed by atoms with Crippen molar-refractivity contribution in [2.75, 3.05) is 19.8 Å². The number of aromatic nitrogens is 2. The third kappa shape index (κ3) is 3.77. The molecule has 0 bridgehead atoms. The van der Waals surface area contributed by atoms with Crippen LogP contribution in [0.4, 0.5) is 0 Å². The molecular formula is C20H23N3O5. The Morgan fingerprint density at radius 2 is 1.93 bits per heavy atom. The van der Waals surface area contributed by atoms with E-state index in [0.29, 0.717) is 50.7 Å². The van der Waals surface area contributed by atoms with E-state index < -0.39 is 17.9 Å². The second kappa shape index (κ2) is 8.10. The van der Waals surface area contributed by atoms with Crippen molar-refractivity contribution < 1.29 is 24.0 Å². The van der Waals surface area contributed by atoms with Crippen molar-refractivity contribution in [3.8, 4) is 11.5 Å². The molecule has 0 radical (unpaired) electrons. The number of hydrogen-bond donors (Lipinski definition) is 1. The lowest BCUT2D eigenvalue weighted by Crippen LogP contribution is -2.47. The van der Waals surface area contributed by atoms with E-state index in [2.05, 4.69) is 10.1 Å². The highest BCUT2D eigenvalue weighted by Gasteiger charge is 2.38. The number of carbonyl (C=O) groups is 2. The van der Waals surface area contributed by atoms with Crippen LogP contribution < -0.4 is 0 Å². The molecule has 148 valence electrons. The Bertz CT molecular complexity index is 837. The van der Waals surface area contributed by atoms with Crippen LogP contribution in [0.3, 0.4) is 0 Å². The Morgan fingerprint density at radius 1 is 1.14 bits per heavy atom. The molecule has 1 aromatic carbocycles. The fourth-order valence-electron chi connectivity index (χ4n) is 4.02. The molecule has 4 rings (SSSR count). The van der Waals surface area contributed by atoms with Gasteiger partial charge in [0, 0.05) is 18.0 Å². The normalized spacial score (nSPS) is 25.4. The summed E-state index contributed by atoms with van der Waals surface area (Å²) in [7, 11) is 0. The molecule has 3 atom stereocenters. The molecule has 2 aliphatic rings. The highest BCUT2D eigenvalue weighted by molar-refractivity contribution is 5.80. The fourth-order valence-corrected chi connectivity index (χ4v) is 4.02. The summed E-state index contributed by atoms with van der Waals surface area (Å²) >= 11 is 0. The van der Waals surface area contributed by atoms with Gasteiger partial charge in [-0.1, -0.05) is 29.8 Å². The Hall–Kier alpha value is -2.74. The zero-order valence-corrected chi connectivity index (χ0v) is 15.5. The quantitative estimate of drug-likeness (QED) is 0.862. The van der Waals surface area contributed by atoms with E-state index in [-0.39, 0.29) is 11.8 Å². The minimum atomic E-state index is -0.818. The van der Waals surface area contributed by atoms with Gasteiger partial charge < -0.3 is 19.3 Å². The van der Waals surface area contributed by atoms with Crippen LogP contribution in [0.5, 0.6) is 0 Å². The number of benzene rings is 1. The smallest absolute Gasteiger partial charge is 0.306 e. The first-order valence-electron chi connectivity index (χ1n) is 9.63. The maximum Gasteiger partial charge on any atom is 0.306 e. The fraction of sp³-hybridized carbons (Fsp3) is 0.500. The Labute approximate surface area is 162 Å². The van der Waals surface area contributed by atoms with Crippen molar-refractivity contribution in [3.63, 3.8) is 0 Å². The lowest BCUT2D eigenvalue weighted by Gasteiger charge is -2.37. The van der Waals surface area contributed by atoms with E-state index in [1.165, 1.54) is 0 Å². The molecule has 3 unspecified atom stereocenters. The van der Waals surface area contributed by atoms with Gasteiger partial charge in [0.05, 0.1) is 19.1 Å². The molecule has 1 saturated heterocycles. The number of ether oxygens (including phenoxy) is 1. The highest BCUT2D eigenvalue weighted by atomic mass is 16.5. The standard InChI is InChI=1S/C20H23N3O5/c24-19(14-7-4-8-15(11-14)20(25)26)23-9-10-27-12-16(23)17-21-18(28-22-17)13-5-2-1-3-6-13/h1-3,5-6,14-16H,4,7-12H2,(H,25,26). The molecule has 28 heavy (non-hydrogen) atoms. The number of morpholine rings is 1. The Morgan fingerprint density at radius 3 is 2.71 bits per heavy atom. The highest BCUT2D eigenvalue weighted by Crippen LogP contribution is 2.33. The number of carboxylic acid groups (broad SMARTS) is 1. The first-order chi connectivity index (χ1) is 13.6. The lowest BCUT2D eigenvalue weighted by molar-refractivity contribution is -0.149. The summed E-state index contributed by atoms with van der Waals surface area (Å²) in [4.78, 5) is 30.7. The molecule has 2 fully saturated rings. The Balaban J connectivity index is 1.53. The zero-order chi connectivity index (χ0) is 19.5. The molecule has 1 N–H and O–H groups in total. The van der Waals surface area contributed by atoms with Gasteiger partial charge in [-0.05, 0) is 31.4 Å². The summed E-state index contributed by atoms with van der Waals surface area (Å²) < 4.78 is 11.0. The average molecular weight is 385 g/mol. The van der Waals surface area contributed by atoms with Crippen LogP contribution in [-0.4, -0.2) is 51.8 Å². The third-order valence-electron chi connectivity index (χ3n) is 5.54. The van der Waals surface area contributed by atoms with E-state index in [1.807, 2.05) is 30.3 Å². The Kier molecular flexibility index (Phi) is 5.38. The van der Waals surface area contributed by atoms with E-state index in [0.717, 1.165) is 12.0 Å².